The maximum absolute atomic E-state index is 11.7. The van der Waals surface area contributed by atoms with Crippen molar-refractivity contribution in [2.24, 2.45) is 0 Å². The van der Waals surface area contributed by atoms with Crippen LogP contribution in [0.5, 0.6) is 5.75 Å². The highest BCUT2D eigenvalue weighted by Crippen LogP contribution is 2.26. The quantitative estimate of drug-likeness (QED) is 0.468. The van der Waals surface area contributed by atoms with Gasteiger partial charge in [-0.1, -0.05) is 30.4 Å². The number of carbonyl (C=O) groups is 1. The van der Waals surface area contributed by atoms with Crippen LogP contribution in [0.2, 0.25) is 0 Å². The monoisotopic (exact) mass is 366 g/mol. The molecule has 0 atom stereocenters. The van der Waals surface area contributed by atoms with Crippen molar-refractivity contribution in [1.82, 2.24) is 0 Å². The summed E-state index contributed by atoms with van der Waals surface area (Å²) >= 11 is 3.06. The lowest BCUT2D eigenvalue weighted by Crippen LogP contribution is -2.05. The lowest BCUT2D eigenvalue weighted by atomic mass is 10.2. The predicted molar refractivity (Wildman–Crippen MR) is 101 cm³/mol. The summed E-state index contributed by atoms with van der Waals surface area (Å²) in [5.74, 6) is 2.49. The van der Waals surface area contributed by atoms with E-state index in [2.05, 4.69) is 0 Å². The Morgan fingerprint density at radius 3 is 2.71 bits per heavy atom. The van der Waals surface area contributed by atoms with Gasteiger partial charge in [-0.15, -0.1) is 0 Å². The van der Waals surface area contributed by atoms with Gasteiger partial charge in [0.25, 0.3) is 0 Å². The van der Waals surface area contributed by atoms with E-state index in [4.69, 9.17) is 9.47 Å². The van der Waals surface area contributed by atoms with Gasteiger partial charge in [0.1, 0.15) is 5.75 Å². The Hall–Kier alpha value is -1.53. The van der Waals surface area contributed by atoms with Crippen molar-refractivity contribution in [3.05, 3.63) is 39.9 Å². The molecule has 0 aliphatic heterocycles. The summed E-state index contributed by atoms with van der Waals surface area (Å²) in [7, 11) is 0. The second-order valence-corrected chi connectivity index (χ2v) is 7.44. The Kier molecular flexibility index (Phi) is 8.12. The van der Waals surface area contributed by atoms with Gasteiger partial charge in [0.05, 0.1) is 13.2 Å². The van der Waals surface area contributed by atoms with E-state index in [1.54, 1.807) is 13.0 Å². The first kappa shape index (κ1) is 18.8. The van der Waals surface area contributed by atoms with Crippen molar-refractivity contribution in [1.29, 1.82) is 0 Å². The number of benzene rings is 1. The van der Waals surface area contributed by atoms with Crippen LogP contribution in [0.4, 0.5) is 0 Å². The van der Waals surface area contributed by atoms with E-state index in [-0.39, 0.29) is 10.7 Å². The second kappa shape index (κ2) is 10.4. The van der Waals surface area contributed by atoms with E-state index in [0.29, 0.717) is 25.4 Å². The van der Waals surface area contributed by atoms with E-state index >= 15 is 0 Å². The van der Waals surface area contributed by atoms with Crippen molar-refractivity contribution in [3.63, 3.8) is 0 Å². The molecular formula is C18H22O4S2. The Morgan fingerprint density at radius 2 is 1.92 bits per heavy atom. The zero-order valence-electron chi connectivity index (χ0n) is 13.8. The van der Waals surface area contributed by atoms with Gasteiger partial charge in [-0.2, -0.15) is 11.8 Å². The molecule has 0 bridgehead atoms. The number of rotatable bonds is 10. The van der Waals surface area contributed by atoms with Crippen molar-refractivity contribution in [2.45, 2.75) is 26.2 Å². The second-order valence-electron chi connectivity index (χ2n) is 5.17. The zero-order valence-corrected chi connectivity index (χ0v) is 15.4. The van der Waals surface area contributed by atoms with Crippen LogP contribution < -0.4 is 9.48 Å². The van der Waals surface area contributed by atoms with Crippen LogP contribution in [-0.2, 0) is 9.53 Å². The molecule has 0 aliphatic carbocycles. The number of thioether (sulfide) groups is 1. The molecule has 1 aromatic carbocycles. The maximum Gasteiger partial charge on any atom is 0.305 e. The molecule has 0 unspecified atom stereocenters. The zero-order chi connectivity index (χ0) is 17.2. The third-order valence-electron chi connectivity index (χ3n) is 3.29. The van der Waals surface area contributed by atoms with E-state index in [0.717, 1.165) is 34.4 Å². The highest BCUT2D eigenvalue weighted by atomic mass is 32.2. The van der Waals surface area contributed by atoms with Crippen LogP contribution in [-0.4, -0.2) is 30.7 Å². The summed E-state index contributed by atoms with van der Waals surface area (Å²) in [6, 6.07) is 9.37. The van der Waals surface area contributed by atoms with Gasteiger partial charge >= 0.3 is 5.97 Å². The van der Waals surface area contributed by atoms with Gasteiger partial charge in [0, 0.05) is 22.6 Å². The number of carbonyl (C=O) groups excluding carboxylic acids is 1. The molecule has 0 saturated carbocycles. The van der Waals surface area contributed by atoms with Crippen molar-refractivity contribution in [2.75, 3.05) is 24.7 Å². The number of fused-ring (bicyclic) bond motifs is 1. The van der Waals surface area contributed by atoms with Gasteiger partial charge in [0.15, 0.2) is 0 Å². The average molecular weight is 367 g/mol. The summed E-state index contributed by atoms with van der Waals surface area (Å²) < 4.78 is 11.8. The number of ether oxygens (including phenoxy) is 2. The van der Waals surface area contributed by atoms with Crippen molar-refractivity contribution in [3.8, 4) is 5.75 Å². The molecule has 1 aromatic heterocycles. The normalized spacial score (nSPS) is 10.7. The Labute approximate surface area is 150 Å². The lowest BCUT2D eigenvalue weighted by molar-refractivity contribution is -0.143. The molecule has 6 heteroatoms. The predicted octanol–water partition coefficient (Wildman–Crippen LogP) is 4.11. The first-order valence-corrected chi connectivity index (χ1v) is 10.1. The largest absolute Gasteiger partial charge is 0.493 e. The minimum atomic E-state index is -0.137. The van der Waals surface area contributed by atoms with Crippen LogP contribution in [0.1, 0.15) is 26.2 Å². The fourth-order valence-electron chi connectivity index (χ4n) is 2.10. The molecule has 1 heterocycles. The number of hydrogen-bond donors (Lipinski definition) is 0. The number of esters is 1. The molecule has 2 aromatic rings. The van der Waals surface area contributed by atoms with Gasteiger partial charge < -0.3 is 9.47 Å². The molecule has 130 valence electrons. The molecule has 0 radical (unpaired) electrons. The van der Waals surface area contributed by atoms with Gasteiger partial charge in [-0.25, -0.2) is 0 Å². The molecule has 0 N–H and O–H groups in total. The third-order valence-corrected chi connectivity index (χ3v) is 5.34. The van der Waals surface area contributed by atoms with E-state index in [1.807, 2.05) is 36.0 Å². The molecule has 0 fully saturated rings. The molecule has 4 nitrogen and oxygen atoms in total. The van der Waals surface area contributed by atoms with E-state index in [9.17, 15) is 9.59 Å². The summed E-state index contributed by atoms with van der Waals surface area (Å²) in [6.45, 7) is 2.89. The van der Waals surface area contributed by atoms with E-state index in [1.165, 1.54) is 11.3 Å². The maximum atomic E-state index is 11.7. The molecule has 24 heavy (non-hydrogen) atoms. The Bertz CT molecular complexity index is 711. The minimum Gasteiger partial charge on any atom is -0.493 e. The smallest absolute Gasteiger partial charge is 0.305 e. The summed E-state index contributed by atoms with van der Waals surface area (Å²) in [5.41, 5.74) is 0. The molecule has 0 amide bonds. The Balaban J connectivity index is 1.65. The highest BCUT2D eigenvalue weighted by molar-refractivity contribution is 7.99. The van der Waals surface area contributed by atoms with Crippen LogP contribution in [0.3, 0.4) is 0 Å². The lowest BCUT2D eigenvalue weighted by Gasteiger charge is -2.08. The van der Waals surface area contributed by atoms with Gasteiger partial charge in [-0.3, -0.25) is 9.59 Å². The summed E-state index contributed by atoms with van der Waals surface area (Å²) in [6.07, 6.45) is 2.23. The van der Waals surface area contributed by atoms with Crippen LogP contribution in [0.25, 0.3) is 10.1 Å². The van der Waals surface area contributed by atoms with Crippen LogP contribution >= 0.6 is 23.1 Å². The summed E-state index contributed by atoms with van der Waals surface area (Å²) in [4.78, 5) is 22.7. The standard InChI is InChI=1S/C18H22O4S2/c1-2-17(19)22-10-6-12-23-11-5-9-21-15-13-18(20)24-16-8-4-3-7-14(15)16/h3-4,7-8,13H,2,5-6,9-12H2,1H3. The summed E-state index contributed by atoms with van der Waals surface area (Å²) in [5, 5.41) is 0.993. The first-order chi connectivity index (χ1) is 11.7. The van der Waals surface area contributed by atoms with Gasteiger partial charge in [-0.05, 0) is 36.5 Å². The fraction of sp³-hybridized carbons (Fsp3) is 0.444. The molecule has 0 spiro atoms. The average Bonchev–Trinajstić information content (AvgIpc) is 2.59. The van der Waals surface area contributed by atoms with Crippen molar-refractivity contribution >= 4 is 39.2 Å². The van der Waals surface area contributed by atoms with E-state index < -0.39 is 0 Å². The van der Waals surface area contributed by atoms with Gasteiger partial charge in [0.2, 0.25) is 4.74 Å². The number of hydrogen-bond acceptors (Lipinski definition) is 6. The SMILES string of the molecule is CCC(=O)OCCCSCCCOc1cc(=O)sc2ccccc12. The molecular weight excluding hydrogens is 344 g/mol. The van der Waals surface area contributed by atoms with Crippen LogP contribution in [0, 0.1) is 0 Å². The minimum absolute atomic E-state index is 0.0136. The molecule has 2 rings (SSSR count). The Morgan fingerprint density at radius 1 is 1.17 bits per heavy atom. The van der Waals surface area contributed by atoms with Crippen LogP contribution in [0.15, 0.2) is 35.1 Å². The topological polar surface area (TPSA) is 52.6 Å². The fourth-order valence-corrected chi connectivity index (χ4v) is 3.75. The highest BCUT2D eigenvalue weighted by Gasteiger charge is 2.04. The molecule has 0 aliphatic rings. The molecule has 0 saturated heterocycles. The van der Waals surface area contributed by atoms with Crippen molar-refractivity contribution < 1.29 is 14.3 Å². The first-order valence-electron chi connectivity index (χ1n) is 8.09. The third kappa shape index (κ3) is 6.17.